The van der Waals surface area contributed by atoms with E-state index in [2.05, 4.69) is 24.5 Å². The molecule has 0 radical (unpaired) electrons. The van der Waals surface area contributed by atoms with Crippen LogP contribution in [0.15, 0.2) is 47.4 Å². The Bertz CT molecular complexity index is 928. The Labute approximate surface area is 179 Å². The van der Waals surface area contributed by atoms with Gasteiger partial charge in [-0.05, 0) is 54.8 Å². The molecule has 1 amide bonds. The first kappa shape index (κ1) is 23.2. The summed E-state index contributed by atoms with van der Waals surface area (Å²) in [7, 11) is -1.09. The molecule has 2 aromatic carbocycles. The monoisotopic (exact) mass is 435 g/mol. The van der Waals surface area contributed by atoms with Crippen LogP contribution < -0.4 is 10.6 Å². The summed E-state index contributed by atoms with van der Waals surface area (Å²) < 4.78 is 21.0. The maximum absolute atomic E-state index is 12.7. The number of halogens is 1. The molecular weight excluding hydrogens is 406 g/mol. The molecule has 0 aliphatic carbocycles. The molecule has 0 aliphatic heterocycles. The van der Waals surface area contributed by atoms with Gasteiger partial charge in [0, 0.05) is 34.1 Å². The van der Waals surface area contributed by atoms with E-state index in [4.69, 9.17) is 16.4 Å². The largest absolute Gasteiger partial charge is 0.387 e. The highest BCUT2D eigenvalue weighted by atomic mass is 35.5. The number of hydrogen-bond donors (Lipinski definition) is 3. The molecule has 0 aliphatic rings. The van der Waals surface area contributed by atoms with Crippen molar-refractivity contribution < 1.29 is 9.00 Å². The molecule has 0 spiro atoms. The molecule has 5 nitrogen and oxygen atoms in total. The van der Waals surface area contributed by atoms with Crippen LogP contribution in [0.3, 0.4) is 0 Å². The Morgan fingerprint density at radius 1 is 1.17 bits per heavy atom. The van der Waals surface area contributed by atoms with Gasteiger partial charge in [-0.15, -0.1) is 0 Å². The maximum atomic E-state index is 12.7. The first-order valence-electron chi connectivity index (χ1n) is 9.92. The SMILES string of the molecule is CC[C@@H](C)CCCCS(=N)(=O)c1ccc(NC(=O)c2ccc(Cl)cc2NC)cc1. The molecule has 1 unspecified atom stereocenters. The Kier molecular flexibility index (Phi) is 8.53. The van der Waals surface area contributed by atoms with Gasteiger partial charge in [0.05, 0.1) is 15.3 Å². The lowest BCUT2D eigenvalue weighted by atomic mass is 10.0. The second-order valence-electron chi connectivity index (χ2n) is 7.31. The first-order valence-corrected chi connectivity index (χ1v) is 12.0. The molecule has 29 heavy (non-hydrogen) atoms. The zero-order valence-electron chi connectivity index (χ0n) is 17.3. The summed E-state index contributed by atoms with van der Waals surface area (Å²) in [4.78, 5) is 13.1. The Hall–Kier alpha value is -2.05. The number of amides is 1. The van der Waals surface area contributed by atoms with Gasteiger partial charge in [-0.2, -0.15) is 0 Å². The van der Waals surface area contributed by atoms with Crippen LogP contribution in [-0.2, 0) is 9.73 Å². The molecule has 0 bridgehead atoms. The maximum Gasteiger partial charge on any atom is 0.257 e. The van der Waals surface area contributed by atoms with Gasteiger partial charge in [-0.1, -0.05) is 44.7 Å². The molecular formula is C22H30ClN3O2S. The lowest BCUT2D eigenvalue weighted by Gasteiger charge is -2.12. The smallest absolute Gasteiger partial charge is 0.257 e. The normalized spacial score (nSPS) is 14.1. The summed E-state index contributed by atoms with van der Waals surface area (Å²) in [6.07, 6.45) is 4.04. The summed E-state index contributed by atoms with van der Waals surface area (Å²) in [5.74, 6) is 0.769. The minimum atomic E-state index is -2.82. The third-order valence-electron chi connectivity index (χ3n) is 5.06. The third-order valence-corrected chi connectivity index (χ3v) is 7.20. The van der Waals surface area contributed by atoms with E-state index >= 15 is 0 Å². The van der Waals surface area contributed by atoms with Crippen molar-refractivity contribution in [1.82, 2.24) is 0 Å². The lowest BCUT2D eigenvalue weighted by Crippen LogP contribution is -2.14. The second-order valence-corrected chi connectivity index (χ2v) is 9.97. The zero-order valence-corrected chi connectivity index (χ0v) is 18.8. The Balaban J connectivity index is 2.00. The Morgan fingerprint density at radius 2 is 1.86 bits per heavy atom. The van der Waals surface area contributed by atoms with Gasteiger partial charge in [0.2, 0.25) is 0 Å². The average Bonchev–Trinajstić information content (AvgIpc) is 2.71. The molecule has 0 saturated carbocycles. The number of carbonyl (C=O) groups is 1. The summed E-state index contributed by atoms with van der Waals surface area (Å²) in [5, 5.41) is 6.33. The number of anilines is 2. The topological polar surface area (TPSA) is 82.1 Å². The highest BCUT2D eigenvalue weighted by Crippen LogP contribution is 2.23. The van der Waals surface area contributed by atoms with Crippen LogP contribution in [0.1, 0.15) is 49.9 Å². The van der Waals surface area contributed by atoms with Crippen LogP contribution in [0, 0.1) is 10.7 Å². The Morgan fingerprint density at radius 3 is 2.48 bits per heavy atom. The van der Waals surface area contributed by atoms with Gasteiger partial charge in [0.25, 0.3) is 5.91 Å². The van der Waals surface area contributed by atoms with Gasteiger partial charge in [0.15, 0.2) is 0 Å². The molecule has 7 heteroatoms. The van der Waals surface area contributed by atoms with Crippen LogP contribution in [0.2, 0.25) is 5.02 Å². The molecule has 2 aromatic rings. The van der Waals surface area contributed by atoms with Crippen molar-refractivity contribution in [3.05, 3.63) is 53.1 Å². The predicted octanol–water partition coefficient (Wildman–Crippen LogP) is 6.26. The highest BCUT2D eigenvalue weighted by molar-refractivity contribution is 7.92. The van der Waals surface area contributed by atoms with Crippen molar-refractivity contribution in [3.63, 3.8) is 0 Å². The molecule has 0 aromatic heterocycles. The number of unbranched alkanes of at least 4 members (excludes halogenated alkanes) is 1. The number of carbonyl (C=O) groups excluding carboxylic acids is 1. The summed E-state index contributed by atoms with van der Waals surface area (Å²) in [5.41, 5.74) is 1.70. The van der Waals surface area contributed by atoms with Crippen molar-refractivity contribution in [2.24, 2.45) is 5.92 Å². The van der Waals surface area contributed by atoms with E-state index < -0.39 is 9.73 Å². The molecule has 0 saturated heterocycles. The lowest BCUT2D eigenvalue weighted by molar-refractivity contribution is 0.102. The molecule has 2 atom stereocenters. The van der Waals surface area contributed by atoms with Crippen LogP contribution >= 0.6 is 11.6 Å². The van der Waals surface area contributed by atoms with Gasteiger partial charge < -0.3 is 10.6 Å². The van der Waals surface area contributed by atoms with E-state index in [1.54, 1.807) is 49.5 Å². The number of benzene rings is 2. The minimum absolute atomic E-state index is 0.268. The van der Waals surface area contributed by atoms with Crippen molar-refractivity contribution in [2.45, 2.75) is 44.4 Å². The van der Waals surface area contributed by atoms with Gasteiger partial charge in [-0.25, -0.2) is 8.99 Å². The van der Waals surface area contributed by atoms with E-state index in [0.29, 0.717) is 38.5 Å². The van der Waals surface area contributed by atoms with Crippen molar-refractivity contribution in [1.29, 1.82) is 4.78 Å². The fourth-order valence-electron chi connectivity index (χ4n) is 3.00. The summed E-state index contributed by atoms with van der Waals surface area (Å²) >= 11 is 5.97. The predicted molar refractivity (Wildman–Crippen MR) is 123 cm³/mol. The van der Waals surface area contributed by atoms with E-state index in [-0.39, 0.29) is 5.91 Å². The summed E-state index contributed by atoms with van der Waals surface area (Å²) in [6.45, 7) is 4.39. The number of hydrogen-bond acceptors (Lipinski definition) is 4. The van der Waals surface area contributed by atoms with Crippen LogP contribution in [0.5, 0.6) is 0 Å². The van der Waals surface area contributed by atoms with E-state index in [9.17, 15) is 9.00 Å². The zero-order chi connectivity index (χ0) is 21.4. The van der Waals surface area contributed by atoms with Crippen LogP contribution in [-0.4, -0.2) is 22.9 Å². The van der Waals surface area contributed by atoms with E-state index in [1.807, 2.05) is 0 Å². The summed E-state index contributed by atoms with van der Waals surface area (Å²) in [6, 6.07) is 11.7. The minimum Gasteiger partial charge on any atom is -0.387 e. The van der Waals surface area contributed by atoms with E-state index in [0.717, 1.165) is 25.7 Å². The quantitative estimate of drug-likeness (QED) is 0.385. The molecule has 2 rings (SSSR count). The fourth-order valence-corrected chi connectivity index (χ4v) is 4.59. The van der Waals surface area contributed by atoms with Crippen molar-refractivity contribution in [3.8, 4) is 0 Å². The van der Waals surface area contributed by atoms with Crippen LogP contribution in [0.4, 0.5) is 11.4 Å². The highest BCUT2D eigenvalue weighted by Gasteiger charge is 2.13. The van der Waals surface area contributed by atoms with E-state index in [1.165, 1.54) is 0 Å². The van der Waals surface area contributed by atoms with Gasteiger partial charge in [0.1, 0.15) is 0 Å². The van der Waals surface area contributed by atoms with Crippen molar-refractivity contribution in [2.75, 3.05) is 23.4 Å². The third kappa shape index (κ3) is 6.75. The molecule has 0 fully saturated rings. The second kappa shape index (κ2) is 10.6. The first-order chi connectivity index (χ1) is 13.8. The average molecular weight is 436 g/mol. The number of rotatable bonds is 10. The molecule has 158 valence electrons. The van der Waals surface area contributed by atoms with Gasteiger partial charge in [-0.3, -0.25) is 4.79 Å². The molecule has 0 heterocycles. The standard InChI is InChI=1S/C22H30ClN3O2S/c1-4-16(2)7-5-6-14-29(24,28)19-11-9-18(10-12-19)26-22(27)20-13-8-17(23)15-21(20)25-3/h8-13,15-16,24-25H,4-7,14H2,1-3H3,(H,26,27)/t16-,29?/m1/s1. The van der Waals surface area contributed by atoms with Crippen molar-refractivity contribution >= 4 is 38.6 Å². The molecule has 3 N–H and O–H groups in total. The fraction of sp³-hybridized carbons (Fsp3) is 0.409. The number of nitrogens with one attached hydrogen (secondary N) is 3. The van der Waals surface area contributed by atoms with Gasteiger partial charge >= 0.3 is 0 Å². The van der Waals surface area contributed by atoms with Crippen LogP contribution in [0.25, 0.3) is 0 Å².